The first-order valence-corrected chi connectivity index (χ1v) is 29.2. The highest BCUT2D eigenvalue weighted by Crippen LogP contribution is 2.49. The zero-order chi connectivity index (χ0) is 57.1. The second kappa shape index (κ2) is 19.3. The quantitative estimate of drug-likeness (QED) is 0.148. The summed E-state index contributed by atoms with van der Waals surface area (Å²) >= 11 is 0. The molecule has 0 fully saturated rings. The van der Waals surface area contributed by atoms with Crippen LogP contribution < -0.4 is 31.3 Å². The van der Waals surface area contributed by atoms with E-state index in [1.54, 1.807) is 0 Å². The van der Waals surface area contributed by atoms with Crippen molar-refractivity contribution in [1.29, 1.82) is 0 Å². The van der Waals surface area contributed by atoms with Gasteiger partial charge in [0.15, 0.2) is 0 Å². The number of fused-ring (bicyclic) bond motifs is 6. The number of nitrogens with zero attached hydrogens (tertiary/aromatic N) is 3. The van der Waals surface area contributed by atoms with Crippen molar-refractivity contribution in [1.82, 2.24) is 0 Å². The molecule has 0 saturated heterocycles. The summed E-state index contributed by atoms with van der Waals surface area (Å²) in [6, 6.07) is 75.7. The van der Waals surface area contributed by atoms with E-state index in [0.717, 1.165) is 73.4 Å². The summed E-state index contributed by atoms with van der Waals surface area (Å²) in [7, 11) is 0. The third-order valence-electron chi connectivity index (χ3n) is 17.1. The van der Waals surface area contributed by atoms with Crippen LogP contribution in [0.15, 0.2) is 205 Å². The largest absolute Gasteiger partial charge is 0.468 e. The van der Waals surface area contributed by atoms with E-state index in [0.29, 0.717) is 0 Å². The Kier molecular flexibility index (Phi) is 12.8. The predicted molar refractivity (Wildman–Crippen MR) is 349 cm³/mol. The zero-order valence-electron chi connectivity index (χ0n) is 50.4. The molecule has 10 aromatic rings. The Morgan fingerprint density at radius 3 is 1.35 bits per heavy atom. The first-order valence-electron chi connectivity index (χ1n) is 29.2. The van der Waals surface area contributed by atoms with Crippen molar-refractivity contribution in [2.24, 2.45) is 0 Å². The lowest BCUT2D eigenvalue weighted by Crippen LogP contribution is -2.61. The maximum absolute atomic E-state index is 7.63. The third-order valence-corrected chi connectivity index (χ3v) is 17.1. The van der Waals surface area contributed by atoms with Gasteiger partial charge in [-0.2, -0.15) is 0 Å². The normalized spacial score (nSPS) is 13.5. The van der Waals surface area contributed by atoms with Gasteiger partial charge in [0.25, 0.3) is 6.71 Å². The molecule has 5 heteroatoms. The lowest BCUT2D eigenvalue weighted by Gasteiger charge is -2.43. The predicted octanol–water partition coefficient (Wildman–Crippen LogP) is 19.8. The van der Waals surface area contributed by atoms with Crippen LogP contribution in [-0.4, -0.2) is 6.71 Å². The zero-order valence-corrected chi connectivity index (χ0v) is 50.4. The fourth-order valence-electron chi connectivity index (χ4n) is 12.3. The number of hydrogen-bond donors (Lipinski definition) is 0. The summed E-state index contributed by atoms with van der Waals surface area (Å²) in [4.78, 5) is 7.44. The van der Waals surface area contributed by atoms with Gasteiger partial charge >= 0.3 is 0 Å². The lowest BCUT2D eigenvalue weighted by molar-refractivity contribution is 0.590. The number of benzene rings is 9. The fourth-order valence-corrected chi connectivity index (χ4v) is 12.3. The molecule has 0 unspecified atom stereocenters. The van der Waals surface area contributed by atoms with E-state index in [9.17, 15) is 0 Å². The number of rotatable bonds is 7. The smallest absolute Gasteiger partial charge is 0.297 e. The number of anilines is 9. The van der Waals surface area contributed by atoms with Gasteiger partial charge in [-0.05, 0) is 173 Å². The van der Waals surface area contributed by atoms with E-state index in [1.165, 1.54) is 55.4 Å². The lowest BCUT2D eigenvalue weighted by atomic mass is 9.35. The van der Waals surface area contributed by atoms with Gasteiger partial charge in [-0.3, -0.25) is 0 Å². The Hall–Kier alpha value is -8.02. The van der Waals surface area contributed by atoms with Gasteiger partial charge in [0.05, 0.1) is 11.3 Å². The van der Waals surface area contributed by atoms with Crippen LogP contribution in [0.5, 0.6) is 0 Å². The van der Waals surface area contributed by atoms with E-state index >= 15 is 0 Å². The van der Waals surface area contributed by atoms with Crippen molar-refractivity contribution in [3.63, 3.8) is 0 Å². The van der Waals surface area contributed by atoms with Crippen molar-refractivity contribution < 1.29 is 4.42 Å². The van der Waals surface area contributed by atoms with Crippen LogP contribution in [0, 0.1) is 0 Å². The highest BCUT2D eigenvalue weighted by Gasteiger charge is 2.47. The van der Waals surface area contributed by atoms with Crippen LogP contribution in [0.1, 0.15) is 132 Å². The Bertz CT molecular complexity index is 3930. The summed E-state index contributed by atoms with van der Waals surface area (Å²) in [6.07, 6.45) is 0. The second-order valence-corrected chi connectivity index (χ2v) is 28.0. The Balaban J connectivity index is 1.11. The van der Waals surface area contributed by atoms with Crippen LogP contribution in [0.25, 0.3) is 33.2 Å². The standard InChI is InChI=1S/C76H78BN3O/c1-72(2,3)51-25-34-56(35-26-51)78(57-36-27-52(28-37-57)73(4,5)6)60-42-45-64-67(48-60)79(58-38-29-53(30-39-58)74(7,8)9)65-22-19-23-66-69(65)77(64)71-70(80(66)59-40-31-54(32-41-59)75(10,11)12)62-43-24-50(46-68(62)81-71)61-44-33-55(76(13,14)15)47-63(61)49-20-17-16-18-21-49/h16-48H,1-15H3. The minimum Gasteiger partial charge on any atom is -0.468 e. The first kappa shape index (κ1) is 53.6. The third kappa shape index (κ3) is 9.67. The SMILES string of the molecule is CC(C)(C)c1ccc(N(c2ccc(C(C)(C)C)cc2)c2ccc3c(c2)N(c2ccc(C(C)(C)C)cc2)c2cccc4c2B3c2oc3cc(-c5ccc(C(C)(C)C)cc5-c5ccccc5)ccc3c2N4c2ccc(C(C)(C)C)cc2)cc1. The van der Waals surface area contributed by atoms with E-state index in [4.69, 9.17) is 4.42 Å². The molecule has 12 rings (SSSR count). The molecule has 0 atom stereocenters. The van der Waals surface area contributed by atoms with Crippen LogP contribution in [0.4, 0.5) is 51.2 Å². The van der Waals surface area contributed by atoms with Crippen LogP contribution >= 0.6 is 0 Å². The van der Waals surface area contributed by atoms with Gasteiger partial charge in [0.1, 0.15) is 5.58 Å². The van der Waals surface area contributed by atoms with Crippen LogP contribution in [0.3, 0.4) is 0 Å². The van der Waals surface area contributed by atoms with Crippen molar-refractivity contribution in [2.45, 2.75) is 131 Å². The molecule has 1 aromatic heterocycles. The van der Waals surface area contributed by atoms with E-state index in [-0.39, 0.29) is 33.8 Å². The molecule has 2 aliphatic rings. The molecule has 0 amide bonds. The summed E-state index contributed by atoms with van der Waals surface area (Å²) in [5.41, 5.74) is 25.4. The van der Waals surface area contributed by atoms with Crippen molar-refractivity contribution in [3.05, 3.63) is 228 Å². The molecule has 0 aliphatic carbocycles. The minimum atomic E-state index is -0.224. The summed E-state index contributed by atoms with van der Waals surface area (Å²) in [5, 5.41) is 1.08. The van der Waals surface area contributed by atoms with Gasteiger partial charge in [0.2, 0.25) is 0 Å². The molecule has 0 spiro atoms. The maximum atomic E-state index is 7.63. The highest BCUT2D eigenvalue weighted by molar-refractivity contribution is 7.00. The van der Waals surface area contributed by atoms with E-state index in [2.05, 4.69) is 319 Å². The molecule has 0 N–H and O–H groups in total. The van der Waals surface area contributed by atoms with Crippen LogP contribution in [0.2, 0.25) is 0 Å². The molecule has 0 bridgehead atoms. The molecule has 3 heterocycles. The molecule has 0 saturated carbocycles. The average molecular weight is 1060 g/mol. The highest BCUT2D eigenvalue weighted by atomic mass is 16.3. The second-order valence-electron chi connectivity index (χ2n) is 28.0. The van der Waals surface area contributed by atoms with Crippen molar-refractivity contribution in [2.75, 3.05) is 14.7 Å². The molecule has 9 aromatic carbocycles. The summed E-state index contributed by atoms with van der Waals surface area (Å²) < 4.78 is 7.63. The van der Waals surface area contributed by atoms with Gasteiger partial charge in [0, 0.05) is 50.9 Å². The first-order chi connectivity index (χ1) is 38.3. The van der Waals surface area contributed by atoms with Crippen LogP contribution in [-0.2, 0) is 27.1 Å². The molecule has 81 heavy (non-hydrogen) atoms. The summed E-state index contributed by atoms with van der Waals surface area (Å²) in [6.45, 7) is 34.1. The Morgan fingerprint density at radius 2 is 0.827 bits per heavy atom. The molecular formula is C76H78BN3O. The fraction of sp³-hybridized carbons (Fsp3) is 0.263. The van der Waals surface area contributed by atoms with E-state index in [1.807, 2.05) is 0 Å². The van der Waals surface area contributed by atoms with Crippen molar-refractivity contribution >= 4 is 85.5 Å². The number of furan rings is 1. The Labute approximate surface area is 483 Å². The van der Waals surface area contributed by atoms with Gasteiger partial charge in [-0.1, -0.05) is 219 Å². The molecular weight excluding hydrogens is 982 g/mol. The van der Waals surface area contributed by atoms with Gasteiger partial charge in [-0.25, -0.2) is 0 Å². The van der Waals surface area contributed by atoms with Gasteiger partial charge in [-0.15, -0.1) is 0 Å². The number of hydrogen-bond acceptors (Lipinski definition) is 4. The molecule has 406 valence electrons. The van der Waals surface area contributed by atoms with Gasteiger partial charge < -0.3 is 19.1 Å². The molecule has 2 aliphatic heterocycles. The monoisotopic (exact) mass is 1060 g/mol. The molecule has 0 radical (unpaired) electrons. The maximum Gasteiger partial charge on any atom is 0.297 e. The Morgan fingerprint density at radius 1 is 0.358 bits per heavy atom. The average Bonchev–Trinajstić information content (AvgIpc) is 2.24. The van der Waals surface area contributed by atoms with E-state index < -0.39 is 0 Å². The topological polar surface area (TPSA) is 22.9 Å². The minimum absolute atomic E-state index is 0.00202. The summed E-state index contributed by atoms with van der Waals surface area (Å²) in [5.74, 6) is 0. The van der Waals surface area contributed by atoms with Crippen molar-refractivity contribution in [3.8, 4) is 22.3 Å². The molecule has 4 nitrogen and oxygen atoms in total.